The van der Waals surface area contributed by atoms with E-state index < -0.39 is 0 Å². The normalized spacial score (nSPS) is 18.2. The zero-order valence-electron chi connectivity index (χ0n) is 7.95. The van der Waals surface area contributed by atoms with Gasteiger partial charge in [0, 0.05) is 18.4 Å². The van der Waals surface area contributed by atoms with E-state index in [0.717, 1.165) is 18.2 Å². The van der Waals surface area contributed by atoms with Gasteiger partial charge in [-0.05, 0) is 30.9 Å². The van der Waals surface area contributed by atoms with Gasteiger partial charge in [-0.25, -0.2) is 0 Å². The predicted octanol–water partition coefficient (Wildman–Crippen LogP) is 2.17. The van der Waals surface area contributed by atoms with E-state index >= 15 is 0 Å². The van der Waals surface area contributed by atoms with Crippen LogP contribution in [0, 0.1) is 5.92 Å². The van der Waals surface area contributed by atoms with E-state index in [1.807, 2.05) is 12.1 Å². The van der Waals surface area contributed by atoms with Crippen molar-refractivity contribution in [3.8, 4) is 0 Å². The fraction of sp³-hybridized carbons (Fsp3) is 0.636. The average molecular weight is 179 g/mol. The van der Waals surface area contributed by atoms with Gasteiger partial charge in [-0.3, -0.25) is 0 Å². The molecule has 1 saturated carbocycles. The summed E-state index contributed by atoms with van der Waals surface area (Å²) in [7, 11) is 0. The van der Waals surface area contributed by atoms with Crippen LogP contribution >= 0.6 is 0 Å². The van der Waals surface area contributed by atoms with Crippen molar-refractivity contribution in [2.75, 3.05) is 0 Å². The Kier molecular flexibility index (Phi) is 2.69. The summed E-state index contributed by atoms with van der Waals surface area (Å²) >= 11 is 0. The maximum absolute atomic E-state index is 9.06. The fourth-order valence-electron chi connectivity index (χ4n) is 2.24. The molecular weight excluding hydrogens is 162 g/mol. The molecule has 0 spiro atoms. The van der Waals surface area contributed by atoms with Crippen LogP contribution in [0.5, 0.6) is 0 Å². The summed E-state index contributed by atoms with van der Waals surface area (Å²) in [5, 5.41) is 9.06. The molecule has 0 bridgehead atoms. The molecule has 0 atom stereocenters. The van der Waals surface area contributed by atoms with Crippen molar-refractivity contribution in [2.45, 2.75) is 38.8 Å². The van der Waals surface area contributed by atoms with Gasteiger partial charge >= 0.3 is 0 Å². The van der Waals surface area contributed by atoms with Crippen LogP contribution < -0.4 is 0 Å². The number of aromatic nitrogens is 1. The van der Waals surface area contributed by atoms with Crippen molar-refractivity contribution in [3.05, 3.63) is 24.0 Å². The Bertz CT molecular complexity index is 261. The minimum atomic E-state index is 0.166. The van der Waals surface area contributed by atoms with Gasteiger partial charge in [0.1, 0.15) is 0 Å². The van der Waals surface area contributed by atoms with Crippen molar-refractivity contribution >= 4 is 0 Å². The van der Waals surface area contributed by atoms with Gasteiger partial charge in [0.05, 0.1) is 6.61 Å². The first-order valence-electron chi connectivity index (χ1n) is 5.15. The smallest absolute Gasteiger partial charge is 0.0832 e. The molecule has 0 saturated heterocycles. The van der Waals surface area contributed by atoms with Crippen LogP contribution in [-0.2, 0) is 13.2 Å². The number of nitrogens with zero attached hydrogens (tertiary/aromatic N) is 1. The van der Waals surface area contributed by atoms with Gasteiger partial charge in [0.2, 0.25) is 0 Å². The van der Waals surface area contributed by atoms with E-state index in [2.05, 4.69) is 10.8 Å². The highest BCUT2D eigenvalue weighted by molar-refractivity contribution is 5.05. The molecule has 2 rings (SSSR count). The van der Waals surface area contributed by atoms with Gasteiger partial charge in [0.15, 0.2) is 0 Å². The van der Waals surface area contributed by atoms with Crippen molar-refractivity contribution in [3.63, 3.8) is 0 Å². The van der Waals surface area contributed by atoms with Crippen LogP contribution in [0.25, 0.3) is 0 Å². The van der Waals surface area contributed by atoms with Gasteiger partial charge in [-0.1, -0.05) is 12.8 Å². The van der Waals surface area contributed by atoms with Gasteiger partial charge in [0.25, 0.3) is 0 Å². The predicted molar refractivity (Wildman–Crippen MR) is 52.3 cm³/mol. The van der Waals surface area contributed by atoms with E-state index in [0.29, 0.717) is 0 Å². The number of hydrogen-bond acceptors (Lipinski definition) is 1. The minimum absolute atomic E-state index is 0.166. The number of rotatable bonds is 3. The first-order valence-corrected chi connectivity index (χ1v) is 5.15. The average Bonchev–Trinajstić information content (AvgIpc) is 2.76. The molecule has 1 aliphatic carbocycles. The third-order valence-electron chi connectivity index (χ3n) is 3.02. The Hall–Kier alpha value is -0.760. The Labute approximate surface area is 79.2 Å². The maximum Gasteiger partial charge on any atom is 0.0832 e. The van der Waals surface area contributed by atoms with E-state index in [9.17, 15) is 0 Å². The third kappa shape index (κ3) is 1.94. The van der Waals surface area contributed by atoms with E-state index in [4.69, 9.17) is 5.11 Å². The van der Waals surface area contributed by atoms with Crippen LogP contribution in [0.2, 0.25) is 0 Å². The second-order valence-electron chi connectivity index (χ2n) is 3.96. The first kappa shape index (κ1) is 8.82. The molecule has 0 aromatic carbocycles. The van der Waals surface area contributed by atoms with Gasteiger partial charge in [-0.2, -0.15) is 0 Å². The molecule has 1 heterocycles. The zero-order chi connectivity index (χ0) is 9.10. The molecule has 1 aliphatic rings. The summed E-state index contributed by atoms with van der Waals surface area (Å²) in [5.74, 6) is 0.845. The number of aliphatic hydroxyl groups excluding tert-OH is 1. The molecule has 2 nitrogen and oxygen atoms in total. The lowest BCUT2D eigenvalue weighted by molar-refractivity contribution is 0.267. The molecule has 0 aliphatic heterocycles. The number of hydrogen-bond donors (Lipinski definition) is 1. The summed E-state index contributed by atoms with van der Waals surface area (Å²) in [6, 6.07) is 4.01. The molecule has 2 heteroatoms. The third-order valence-corrected chi connectivity index (χ3v) is 3.02. The van der Waals surface area contributed by atoms with Gasteiger partial charge in [-0.15, -0.1) is 0 Å². The Balaban J connectivity index is 1.99. The van der Waals surface area contributed by atoms with Crippen LogP contribution in [0.4, 0.5) is 0 Å². The zero-order valence-corrected chi connectivity index (χ0v) is 7.95. The fourth-order valence-corrected chi connectivity index (χ4v) is 2.24. The van der Waals surface area contributed by atoms with E-state index in [1.54, 1.807) is 0 Å². The molecule has 1 aromatic heterocycles. The summed E-state index contributed by atoms with van der Waals surface area (Å²) in [4.78, 5) is 0. The van der Waals surface area contributed by atoms with Crippen molar-refractivity contribution in [2.24, 2.45) is 5.92 Å². The summed E-state index contributed by atoms with van der Waals surface area (Å²) in [5.41, 5.74) is 1.05. The van der Waals surface area contributed by atoms with Crippen LogP contribution in [-0.4, -0.2) is 9.67 Å². The Morgan fingerprint density at radius 3 is 2.85 bits per heavy atom. The van der Waals surface area contributed by atoms with Crippen LogP contribution in [0.15, 0.2) is 18.3 Å². The van der Waals surface area contributed by atoms with Crippen molar-refractivity contribution in [1.29, 1.82) is 0 Å². The lowest BCUT2D eigenvalue weighted by Gasteiger charge is -2.12. The second-order valence-corrected chi connectivity index (χ2v) is 3.96. The quantitative estimate of drug-likeness (QED) is 0.755. The topological polar surface area (TPSA) is 25.2 Å². The first-order chi connectivity index (χ1) is 6.40. The van der Waals surface area contributed by atoms with E-state index in [-0.39, 0.29) is 6.61 Å². The molecule has 13 heavy (non-hydrogen) atoms. The van der Waals surface area contributed by atoms with Gasteiger partial charge < -0.3 is 9.67 Å². The molecule has 0 amide bonds. The van der Waals surface area contributed by atoms with Crippen LogP contribution in [0.3, 0.4) is 0 Å². The molecule has 0 unspecified atom stereocenters. The molecule has 1 aromatic rings. The standard InChI is InChI=1S/C11H17NO/c13-9-11-6-3-7-12(11)8-10-4-1-2-5-10/h3,6-7,10,13H,1-2,4-5,8-9H2. The van der Waals surface area contributed by atoms with E-state index in [1.165, 1.54) is 25.7 Å². The Morgan fingerprint density at radius 2 is 2.15 bits per heavy atom. The molecule has 0 radical (unpaired) electrons. The minimum Gasteiger partial charge on any atom is -0.390 e. The van der Waals surface area contributed by atoms with Crippen molar-refractivity contribution < 1.29 is 5.11 Å². The summed E-state index contributed by atoms with van der Waals surface area (Å²) in [6.07, 6.45) is 7.58. The maximum atomic E-state index is 9.06. The second kappa shape index (κ2) is 3.97. The molecule has 1 N–H and O–H groups in total. The monoisotopic (exact) mass is 179 g/mol. The SMILES string of the molecule is OCc1cccn1CC1CCCC1. The highest BCUT2D eigenvalue weighted by atomic mass is 16.3. The molecular formula is C11H17NO. The molecule has 1 fully saturated rings. The lowest BCUT2D eigenvalue weighted by atomic mass is 10.1. The summed E-state index contributed by atoms with van der Waals surface area (Å²) in [6.45, 7) is 1.27. The highest BCUT2D eigenvalue weighted by Crippen LogP contribution is 2.26. The van der Waals surface area contributed by atoms with Crippen molar-refractivity contribution in [1.82, 2.24) is 4.57 Å². The largest absolute Gasteiger partial charge is 0.390 e. The summed E-state index contributed by atoms with van der Waals surface area (Å²) < 4.78 is 2.19. The Morgan fingerprint density at radius 1 is 1.38 bits per heavy atom. The molecule has 72 valence electrons. The highest BCUT2D eigenvalue weighted by Gasteiger charge is 2.15. The lowest BCUT2D eigenvalue weighted by Crippen LogP contribution is -2.09. The number of aliphatic hydroxyl groups is 1. The van der Waals surface area contributed by atoms with Crippen LogP contribution in [0.1, 0.15) is 31.4 Å².